The quantitative estimate of drug-likeness (QED) is 0.750. The number of likely N-dealkylation sites (tertiary alicyclic amines) is 1. The van der Waals surface area contributed by atoms with Gasteiger partial charge in [-0.05, 0) is 43.4 Å². The Bertz CT molecular complexity index is 450. The lowest BCUT2D eigenvalue weighted by Gasteiger charge is -2.24. The number of carbonyl (C=O) groups excluding carboxylic acids is 1. The summed E-state index contributed by atoms with van der Waals surface area (Å²) in [5, 5.41) is -0.544. The second-order valence-electron chi connectivity index (χ2n) is 5.39. The SMILES string of the molecule is Cc1cccc(C(Cl)C(=O)N2CCCCCC2)c1C. The van der Waals surface area contributed by atoms with Crippen molar-refractivity contribution >= 4 is 17.5 Å². The second-order valence-corrected chi connectivity index (χ2v) is 5.83. The Balaban J connectivity index is 2.15. The third kappa shape index (κ3) is 3.30. The van der Waals surface area contributed by atoms with E-state index in [9.17, 15) is 4.79 Å². The fourth-order valence-electron chi connectivity index (χ4n) is 2.63. The van der Waals surface area contributed by atoms with E-state index in [1.165, 1.54) is 18.4 Å². The number of hydrogen-bond donors (Lipinski definition) is 0. The highest BCUT2D eigenvalue weighted by atomic mass is 35.5. The zero-order valence-corrected chi connectivity index (χ0v) is 12.5. The number of amides is 1. The first-order valence-corrected chi connectivity index (χ1v) is 7.54. The number of hydrogen-bond acceptors (Lipinski definition) is 1. The van der Waals surface area contributed by atoms with Crippen LogP contribution in [0.15, 0.2) is 18.2 Å². The van der Waals surface area contributed by atoms with Crippen molar-refractivity contribution in [2.24, 2.45) is 0 Å². The third-order valence-corrected chi connectivity index (χ3v) is 4.48. The Morgan fingerprint density at radius 2 is 1.79 bits per heavy atom. The average molecular weight is 280 g/mol. The molecule has 3 heteroatoms. The van der Waals surface area contributed by atoms with E-state index in [0.717, 1.165) is 37.1 Å². The molecule has 1 amide bonds. The van der Waals surface area contributed by atoms with Crippen LogP contribution in [0.1, 0.15) is 47.8 Å². The normalized spacial score (nSPS) is 17.9. The van der Waals surface area contributed by atoms with Gasteiger partial charge >= 0.3 is 0 Å². The van der Waals surface area contributed by atoms with Gasteiger partial charge < -0.3 is 4.90 Å². The number of alkyl halides is 1. The first-order chi connectivity index (χ1) is 9.11. The fourth-order valence-corrected chi connectivity index (χ4v) is 3.01. The predicted octanol–water partition coefficient (Wildman–Crippen LogP) is 3.99. The molecule has 0 radical (unpaired) electrons. The monoisotopic (exact) mass is 279 g/mol. The molecule has 0 bridgehead atoms. The topological polar surface area (TPSA) is 20.3 Å². The number of rotatable bonds is 2. The zero-order valence-electron chi connectivity index (χ0n) is 11.8. The maximum Gasteiger partial charge on any atom is 0.245 e. The molecule has 0 spiro atoms. The molecule has 2 rings (SSSR count). The maximum atomic E-state index is 12.5. The molecule has 2 nitrogen and oxygen atoms in total. The summed E-state index contributed by atoms with van der Waals surface area (Å²) in [6.07, 6.45) is 4.64. The lowest BCUT2D eigenvalue weighted by atomic mass is 10.00. The Kier molecular flexibility index (Phi) is 4.87. The van der Waals surface area contributed by atoms with Gasteiger partial charge in [-0.1, -0.05) is 31.0 Å². The zero-order chi connectivity index (χ0) is 13.8. The highest BCUT2D eigenvalue weighted by Gasteiger charge is 2.25. The van der Waals surface area contributed by atoms with E-state index in [2.05, 4.69) is 13.0 Å². The van der Waals surface area contributed by atoms with Crippen LogP contribution in [0.3, 0.4) is 0 Å². The standard InChI is InChI=1S/C16H22ClNO/c1-12-8-7-9-14(13(12)2)15(17)16(19)18-10-5-3-4-6-11-18/h7-9,15H,3-6,10-11H2,1-2H3. The number of halogens is 1. The molecular formula is C16H22ClNO. The van der Waals surface area contributed by atoms with Crippen LogP contribution in [0.2, 0.25) is 0 Å². The van der Waals surface area contributed by atoms with Gasteiger partial charge in [0.05, 0.1) is 0 Å². The van der Waals surface area contributed by atoms with E-state index in [4.69, 9.17) is 11.6 Å². The summed E-state index contributed by atoms with van der Waals surface area (Å²) >= 11 is 6.43. The van der Waals surface area contributed by atoms with Gasteiger partial charge in [0.15, 0.2) is 0 Å². The van der Waals surface area contributed by atoms with Crippen LogP contribution in [0.4, 0.5) is 0 Å². The summed E-state index contributed by atoms with van der Waals surface area (Å²) in [5.41, 5.74) is 3.27. The highest BCUT2D eigenvalue weighted by molar-refractivity contribution is 6.30. The van der Waals surface area contributed by atoms with Gasteiger partial charge in [0.25, 0.3) is 0 Å². The number of aryl methyl sites for hydroxylation is 1. The van der Waals surface area contributed by atoms with E-state index >= 15 is 0 Å². The molecule has 1 unspecified atom stereocenters. The van der Waals surface area contributed by atoms with Gasteiger partial charge in [0.1, 0.15) is 5.38 Å². The molecule has 19 heavy (non-hydrogen) atoms. The second kappa shape index (κ2) is 6.42. The van der Waals surface area contributed by atoms with Crippen LogP contribution in [0.5, 0.6) is 0 Å². The molecule has 1 heterocycles. The predicted molar refractivity (Wildman–Crippen MR) is 79.6 cm³/mol. The van der Waals surface area contributed by atoms with Crippen LogP contribution >= 0.6 is 11.6 Å². The minimum Gasteiger partial charge on any atom is -0.341 e. The van der Waals surface area contributed by atoms with Crippen molar-refractivity contribution in [2.45, 2.75) is 44.9 Å². The van der Waals surface area contributed by atoms with Crippen LogP contribution in [0.25, 0.3) is 0 Å². The Labute approximate surface area is 120 Å². The summed E-state index contributed by atoms with van der Waals surface area (Å²) in [6.45, 7) is 5.80. The minimum atomic E-state index is -0.544. The first-order valence-electron chi connectivity index (χ1n) is 7.10. The van der Waals surface area contributed by atoms with E-state index in [0.29, 0.717) is 0 Å². The van der Waals surface area contributed by atoms with Gasteiger partial charge in [-0.25, -0.2) is 0 Å². The van der Waals surface area contributed by atoms with Gasteiger partial charge in [-0.2, -0.15) is 0 Å². The van der Waals surface area contributed by atoms with Gasteiger partial charge in [0.2, 0.25) is 5.91 Å². The van der Waals surface area contributed by atoms with E-state index < -0.39 is 5.38 Å². The molecule has 0 N–H and O–H groups in total. The van der Waals surface area contributed by atoms with Crippen molar-refractivity contribution in [1.29, 1.82) is 0 Å². The van der Waals surface area contributed by atoms with E-state index in [-0.39, 0.29) is 5.91 Å². The minimum absolute atomic E-state index is 0.0669. The van der Waals surface area contributed by atoms with Crippen molar-refractivity contribution in [1.82, 2.24) is 4.90 Å². The van der Waals surface area contributed by atoms with E-state index in [1.807, 2.05) is 24.0 Å². The Morgan fingerprint density at radius 1 is 1.16 bits per heavy atom. The van der Waals surface area contributed by atoms with Crippen LogP contribution in [-0.4, -0.2) is 23.9 Å². The smallest absolute Gasteiger partial charge is 0.245 e. The maximum absolute atomic E-state index is 12.5. The molecule has 1 aliphatic rings. The fraction of sp³-hybridized carbons (Fsp3) is 0.562. The van der Waals surface area contributed by atoms with Crippen molar-refractivity contribution in [2.75, 3.05) is 13.1 Å². The Hall–Kier alpha value is -1.02. The van der Waals surface area contributed by atoms with Gasteiger partial charge in [0, 0.05) is 13.1 Å². The summed E-state index contributed by atoms with van der Waals surface area (Å²) in [7, 11) is 0. The van der Waals surface area contributed by atoms with Gasteiger partial charge in [-0.3, -0.25) is 4.79 Å². The van der Waals surface area contributed by atoms with Crippen molar-refractivity contribution in [3.8, 4) is 0 Å². The molecule has 1 atom stereocenters. The largest absolute Gasteiger partial charge is 0.341 e. The molecule has 1 aromatic rings. The molecule has 104 valence electrons. The molecule has 1 aliphatic heterocycles. The molecule has 1 aromatic carbocycles. The molecule has 0 aromatic heterocycles. The average Bonchev–Trinajstić information content (AvgIpc) is 2.69. The first kappa shape index (κ1) is 14.4. The Morgan fingerprint density at radius 3 is 2.42 bits per heavy atom. The van der Waals surface area contributed by atoms with E-state index in [1.54, 1.807) is 0 Å². The summed E-state index contributed by atoms with van der Waals surface area (Å²) in [6, 6.07) is 6.00. The molecular weight excluding hydrogens is 258 g/mol. The lowest BCUT2D eigenvalue weighted by Crippen LogP contribution is -2.34. The van der Waals surface area contributed by atoms with Crippen LogP contribution in [-0.2, 0) is 4.79 Å². The number of nitrogens with zero attached hydrogens (tertiary/aromatic N) is 1. The lowest BCUT2D eigenvalue weighted by molar-refractivity contribution is -0.130. The molecule has 0 saturated carbocycles. The summed E-state index contributed by atoms with van der Waals surface area (Å²) < 4.78 is 0. The number of benzene rings is 1. The summed E-state index contributed by atoms with van der Waals surface area (Å²) in [4.78, 5) is 14.4. The molecule has 0 aliphatic carbocycles. The van der Waals surface area contributed by atoms with Gasteiger partial charge in [-0.15, -0.1) is 11.6 Å². The highest BCUT2D eigenvalue weighted by Crippen LogP contribution is 2.28. The third-order valence-electron chi connectivity index (χ3n) is 4.05. The van der Waals surface area contributed by atoms with Crippen LogP contribution in [0, 0.1) is 13.8 Å². The number of carbonyl (C=O) groups is 1. The van der Waals surface area contributed by atoms with Crippen molar-refractivity contribution in [3.63, 3.8) is 0 Å². The molecule has 1 fully saturated rings. The van der Waals surface area contributed by atoms with Crippen molar-refractivity contribution in [3.05, 3.63) is 34.9 Å². The molecule has 1 saturated heterocycles. The van der Waals surface area contributed by atoms with Crippen molar-refractivity contribution < 1.29 is 4.79 Å². The summed E-state index contributed by atoms with van der Waals surface area (Å²) in [5.74, 6) is 0.0669. The van der Waals surface area contributed by atoms with Crippen LogP contribution < -0.4 is 0 Å².